The predicted octanol–water partition coefficient (Wildman–Crippen LogP) is -0.558. The van der Waals surface area contributed by atoms with Gasteiger partial charge in [-0.15, -0.1) is 0 Å². The van der Waals surface area contributed by atoms with Crippen molar-refractivity contribution in [1.82, 2.24) is 29.1 Å². The van der Waals surface area contributed by atoms with Gasteiger partial charge in [0.15, 0.2) is 11.5 Å². The molecule has 0 amide bonds. The molecule has 36 heavy (non-hydrogen) atoms. The molecule has 16 nitrogen and oxygen atoms in total. The first kappa shape index (κ1) is 24.7. The second-order valence-electron chi connectivity index (χ2n) is 8.59. The fourth-order valence-electron chi connectivity index (χ4n) is 4.64. The summed E-state index contributed by atoms with van der Waals surface area (Å²) >= 11 is 0. The number of hydrogen-bond acceptors (Lipinski definition) is 12. The minimum absolute atomic E-state index is 0.0525. The van der Waals surface area contributed by atoms with Crippen molar-refractivity contribution >= 4 is 30.6 Å². The molecule has 0 aliphatic carbocycles. The normalized spacial score (nSPS) is 26.4. The summed E-state index contributed by atoms with van der Waals surface area (Å²) < 4.78 is 31.5. The van der Waals surface area contributed by atoms with E-state index in [-0.39, 0.29) is 18.1 Å². The lowest BCUT2D eigenvalue weighted by atomic mass is 9.99. The van der Waals surface area contributed by atoms with Crippen LogP contribution in [-0.2, 0) is 18.6 Å². The Kier molecular flexibility index (Phi) is 6.50. The molecule has 6 atom stereocenters. The average Bonchev–Trinajstić information content (AvgIpc) is 3.56. The maximum absolute atomic E-state index is 12.2. The Hall–Kier alpha value is -2.98. The number of phosphoric ester groups is 1. The number of aromatic nitrogens is 6. The quantitative estimate of drug-likeness (QED) is 0.244. The molecule has 5 rings (SSSR count). The van der Waals surface area contributed by atoms with Gasteiger partial charge in [-0.1, -0.05) is 0 Å². The highest BCUT2D eigenvalue weighted by Crippen LogP contribution is 2.44. The lowest BCUT2D eigenvalue weighted by Gasteiger charge is -2.31. The lowest BCUT2D eigenvalue weighted by molar-refractivity contribution is -0.140. The summed E-state index contributed by atoms with van der Waals surface area (Å²) in [6.07, 6.45) is -0.397. The average molecular weight is 524 g/mol. The van der Waals surface area contributed by atoms with Crippen LogP contribution >= 0.6 is 7.82 Å². The van der Waals surface area contributed by atoms with Gasteiger partial charge < -0.3 is 35.8 Å². The molecule has 2 aliphatic heterocycles. The number of rotatable bonds is 7. The Balaban J connectivity index is 1.33. The summed E-state index contributed by atoms with van der Waals surface area (Å²) in [5, 5.41) is 11.1. The molecule has 0 aromatic carbocycles. The molecule has 2 fully saturated rings. The first-order valence-corrected chi connectivity index (χ1v) is 12.6. The number of nitrogens with two attached hydrogens (primary N) is 2. The molecule has 17 heteroatoms. The summed E-state index contributed by atoms with van der Waals surface area (Å²) in [4.78, 5) is 47.2. The summed E-state index contributed by atoms with van der Waals surface area (Å²) in [6.45, 7) is 0. The maximum Gasteiger partial charge on any atom is 0.470 e. The van der Waals surface area contributed by atoms with E-state index in [1.807, 2.05) is 0 Å². The summed E-state index contributed by atoms with van der Waals surface area (Å²) in [5.74, 6) is 0.267. The Bertz CT molecular complexity index is 1360. The molecule has 0 spiro atoms. The van der Waals surface area contributed by atoms with Crippen molar-refractivity contribution in [2.24, 2.45) is 0 Å². The standard InChI is InChI=1S/C19H25N8O8P/c20-11-5-6-26(19(29)25-11)12-4-2-10(34-12)16(35-36(30,31)32)15(28)9-1-3-13(33-9)27-8-24-14-17(21)22-7-23-18(14)27/h5-10,12-13,15-16,28H,1-4H2,(H2,20,25,29)(H2,21,22,23)(H2,30,31,32)/t9-,10-,12+,13+,15?,16?/m0/s1. The maximum atomic E-state index is 12.2. The van der Waals surface area contributed by atoms with E-state index in [1.54, 1.807) is 4.57 Å². The smallest absolute Gasteiger partial charge is 0.388 e. The van der Waals surface area contributed by atoms with Crippen LogP contribution in [0.3, 0.4) is 0 Å². The van der Waals surface area contributed by atoms with Gasteiger partial charge in [-0.2, -0.15) is 4.98 Å². The van der Waals surface area contributed by atoms with Crippen LogP contribution in [0.1, 0.15) is 38.1 Å². The number of hydrogen-bond donors (Lipinski definition) is 5. The minimum atomic E-state index is -5.02. The molecular formula is C19H25N8O8P. The number of aliphatic hydroxyl groups excluding tert-OH is 1. The van der Waals surface area contributed by atoms with E-state index < -0.39 is 50.4 Å². The van der Waals surface area contributed by atoms with Crippen LogP contribution in [0.15, 0.2) is 29.7 Å². The second-order valence-corrected chi connectivity index (χ2v) is 9.78. The van der Waals surface area contributed by atoms with E-state index in [4.69, 9.17) is 25.5 Å². The van der Waals surface area contributed by atoms with Gasteiger partial charge in [0.05, 0.1) is 18.5 Å². The van der Waals surface area contributed by atoms with Gasteiger partial charge in [-0.05, 0) is 31.7 Å². The van der Waals surface area contributed by atoms with Crippen molar-refractivity contribution in [1.29, 1.82) is 0 Å². The predicted molar refractivity (Wildman–Crippen MR) is 122 cm³/mol. The largest absolute Gasteiger partial charge is 0.470 e. The van der Waals surface area contributed by atoms with Gasteiger partial charge in [0.1, 0.15) is 42.3 Å². The van der Waals surface area contributed by atoms with Gasteiger partial charge in [-0.3, -0.25) is 13.7 Å². The fraction of sp³-hybridized carbons (Fsp3) is 0.526. The van der Waals surface area contributed by atoms with Crippen LogP contribution in [0.5, 0.6) is 0 Å². The van der Waals surface area contributed by atoms with Crippen LogP contribution in [0.2, 0.25) is 0 Å². The molecule has 5 heterocycles. The molecule has 0 bridgehead atoms. The lowest BCUT2D eigenvalue weighted by Crippen LogP contribution is -2.45. The van der Waals surface area contributed by atoms with Crippen molar-refractivity contribution in [3.05, 3.63) is 35.4 Å². The summed E-state index contributed by atoms with van der Waals surface area (Å²) in [5.41, 5.74) is 11.6. The number of nitrogens with zero attached hydrogens (tertiary/aromatic N) is 6. The van der Waals surface area contributed by atoms with Crippen LogP contribution in [0, 0.1) is 0 Å². The first-order chi connectivity index (χ1) is 17.1. The molecule has 2 saturated heterocycles. The zero-order chi connectivity index (χ0) is 25.6. The SMILES string of the molecule is Nc1ccn([C@H]2CC[C@@H](C(OP(=O)(O)O)C(O)[C@@H]3CC[C@H](n4cnc5c(N)ncnc54)O3)O2)c(=O)n1. The van der Waals surface area contributed by atoms with Crippen LogP contribution < -0.4 is 17.2 Å². The molecule has 2 aliphatic rings. The molecule has 0 saturated carbocycles. The monoisotopic (exact) mass is 524 g/mol. The van der Waals surface area contributed by atoms with Crippen LogP contribution in [0.25, 0.3) is 11.2 Å². The van der Waals surface area contributed by atoms with Crippen molar-refractivity contribution in [2.75, 3.05) is 11.5 Å². The molecular weight excluding hydrogens is 499 g/mol. The van der Waals surface area contributed by atoms with Gasteiger partial charge in [0.25, 0.3) is 0 Å². The van der Waals surface area contributed by atoms with E-state index in [1.165, 1.54) is 29.5 Å². The Morgan fingerprint density at radius 1 is 1.06 bits per heavy atom. The Morgan fingerprint density at radius 2 is 1.75 bits per heavy atom. The van der Waals surface area contributed by atoms with E-state index in [0.717, 1.165) is 0 Å². The number of phosphoric acid groups is 1. The number of ether oxygens (including phenoxy) is 2. The highest BCUT2D eigenvalue weighted by atomic mass is 31.2. The molecule has 3 aromatic heterocycles. The van der Waals surface area contributed by atoms with E-state index >= 15 is 0 Å². The van der Waals surface area contributed by atoms with Crippen molar-refractivity contribution in [2.45, 2.75) is 62.6 Å². The second kappa shape index (κ2) is 9.48. The van der Waals surface area contributed by atoms with E-state index in [0.29, 0.717) is 30.4 Å². The topological polar surface area (TPSA) is 236 Å². The fourth-order valence-corrected chi connectivity index (χ4v) is 5.22. The Morgan fingerprint density at radius 3 is 2.47 bits per heavy atom. The number of nitrogen functional groups attached to an aromatic ring is 2. The van der Waals surface area contributed by atoms with E-state index in [9.17, 15) is 24.3 Å². The van der Waals surface area contributed by atoms with Crippen molar-refractivity contribution in [3.8, 4) is 0 Å². The van der Waals surface area contributed by atoms with Crippen LogP contribution in [0.4, 0.5) is 11.6 Å². The zero-order valence-corrected chi connectivity index (χ0v) is 19.7. The summed E-state index contributed by atoms with van der Waals surface area (Å²) in [7, 11) is -5.02. The third kappa shape index (κ3) is 4.84. The van der Waals surface area contributed by atoms with Crippen molar-refractivity contribution < 1.29 is 33.5 Å². The third-order valence-corrected chi connectivity index (χ3v) is 6.78. The first-order valence-electron chi connectivity index (χ1n) is 11.1. The Labute approximate surface area is 203 Å². The van der Waals surface area contributed by atoms with Crippen LogP contribution in [-0.4, -0.2) is 68.4 Å². The van der Waals surface area contributed by atoms with Gasteiger partial charge >= 0.3 is 13.5 Å². The van der Waals surface area contributed by atoms with Gasteiger partial charge in [-0.25, -0.2) is 24.3 Å². The zero-order valence-electron chi connectivity index (χ0n) is 18.8. The highest BCUT2D eigenvalue weighted by Gasteiger charge is 2.45. The molecule has 3 aromatic rings. The molecule has 194 valence electrons. The van der Waals surface area contributed by atoms with Gasteiger partial charge in [0, 0.05) is 6.20 Å². The van der Waals surface area contributed by atoms with Gasteiger partial charge in [0.2, 0.25) is 0 Å². The highest BCUT2D eigenvalue weighted by molar-refractivity contribution is 7.46. The number of anilines is 2. The molecule has 2 unspecified atom stereocenters. The van der Waals surface area contributed by atoms with E-state index in [2.05, 4.69) is 19.9 Å². The van der Waals surface area contributed by atoms with Crippen molar-refractivity contribution in [3.63, 3.8) is 0 Å². The summed E-state index contributed by atoms with van der Waals surface area (Å²) in [6, 6.07) is 1.43. The number of fused-ring (bicyclic) bond motifs is 1. The third-order valence-electron chi connectivity index (χ3n) is 6.26. The minimum Gasteiger partial charge on any atom is -0.388 e. The molecule has 7 N–H and O–H groups in total. The number of aliphatic hydroxyl groups is 1. The molecule has 0 radical (unpaired) electrons. The number of imidazole rings is 1.